The van der Waals surface area contributed by atoms with E-state index < -0.39 is 0 Å². The molecule has 5 nitrogen and oxygen atoms in total. The quantitative estimate of drug-likeness (QED) is 0.595. The normalized spacial score (nSPS) is 16.3. The van der Waals surface area contributed by atoms with Crippen molar-refractivity contribution in [1.29, 1.82) is 0 Å². The van der Waals surface area contributed by atoms with E-state index in [1.807, 2.05) is 43.3 Å². The van der Waals surface area contributed by atoms with Gasteiger partial charge in [-0.05, 0) is 63.8 Å². The maximum Gasteiger partial charge on any atom is 0.267 e. The lowest BCUT2D eigenvalue weighted by molar-refractivity contribution is 0.103. The molecule has 1 aliphatic rings. The number of hydrogen-bond acceptors (Lipinski definition) is 5. The van der Waals surface area contributed by atoms with Gasteiger partial charge >= 0.3 is 0 Å². The molecule has 1 aromatic heterocycles. The molecule has 0 aliphatic carbocycles. The zero-order chi connectivity index (χ0) is 21.3. The summed E-state index contributed by atoms with van der Waals surface area (Å²) >= 11 is 7.36. The zero-order valence-electron chi connectivity index (χ0n) is 17.4. The molecular formula is C23H25ClN4OS. The molecule has 1 aliphatic heterocycles. The lowest BCUT2D eigenvalue weighted by Gasteiger charge is -2.22. The van der Waals surface area contributed by atoms with Gasteiger partial charge in [0, 0.05) is 41.1 Å². The highest BCUT2D eigenvalue weighted by Gasteiger charge is 2.24. The number of nitrogens with one attached hydrogen (secondary N) is 1. The van der Waals surface area contributed by atoms with Gasteiger partial charge in [-0.1, -0.05) is 23.7 Å². The van der Waals surface area contributed by atoms with Crippen molar-refractivity contribution in [3.05, 3.63) is 64.1 Å². The molecule has 1 amide bonds. The number of carbonyl (C=O) groups excluding carboxylic acids is 1. The van der Waals surface area contributed by atoms with Gasteiger partial charge in [-0.25, -0.2) is 4.98 Å². The monoisotopic (exact) mass is 440 g/mol. The van der Waals surface area contributed by atoms with E-state index >= 15 is 0 Å². The summed E-state index contributed by atoms with van der Waals surface area (Å²) < 4.78 is 0. The van der Waals surface area contributed by atoms with Crippen LogP contribution in [-0.4, -0.2) is 49.0 Å². The molecule has 2 heterocycles. The number of nitrogens with zero attached hydrogens (tertiary/aromatic N) is 3. The van der Waals surface area contributed by atoms with Gasteiger partial charge in [-0.3, -0.25) is 4.79 Å². The van der Waals surface area contributed by atoms with Crippen LogP contribution in [0.1, 0.15) is 21.8 Å². The number of benzene rings is 2. The fraction of sp³-hybridized carbons (Fsp3) is 0.304. The number of rotatable bonds is 5. The van der Waals surface area contributed by atoms with Crippen LogP contribution in [-0.2, 0) is 0 Å². The molecule has 3 aromatic rings. The number of anilines is 2. The Hall–Kier alpha value is -2.41. The fourth-order valence-electron chi connectivity index (χ4n) is 3.66. The van der Waals surface area contributed by atoms with E-state index in [2.05, 4.69) is 46.3 Å². The van der Waals surface area contributed by atoms with Gasteiger partial charge in [0.05, 0.1) is 5.69 Å². The van der Waals surface area contributed by atoms with Crippen LogP contribution >= 0.6 is 22.9 Å². The Labute approximate surface area is 186 Å². The van der Waals surface area contributed by atoms with Gasteiger partial charge in [-0.15, -0.1) is 11.3 Å². The number of hydrogen-bond donors (Lipinski definition) is 1. The first kappa shape index (κ1) is 20.8. The molecule has 7 heteroatoms. The van der Waals surface area contributed by atoms with Crippen molar-refractivity contribution >= 4 is 40.2 Å². The van der Waals surface area contributed by atoms with Crippen LogP contribution in [0.15, 0.2) is 48.5 Å². The molecule has 0 spiro atoms. The van der Waals surface area contributed by atoms with E-state index in [9.17, 15) is 4.79 Å². The maximum absolute atomic E-state index is 12.8. The third-order valence-corrected chi connectivity index (χ3v) is 6.94. The van der Waals surface area contributed by atoms with E-state index in [4.69, 9.17) is 11.6 Å². The van der Waals surface area contributed by atoms with Crippen LogP contribution in [0.3, 0.4) is 0 Å². The first-order valence-electron chi connectivity index (χ1n) is 9.97. The van der Waals surface area contributed by atoms with Gasteiger partial charge < -0.3 is 15.1 Å². The summed E-state index contributed by atoms with van der Waals surface area (Å²) in [6.07, 6.45) is 1.17. The maximum atomic E-state index is 12.8. The van der Waals surface area contributed by atoms with E-state index in [0.717, 1.165) is 35.0 Å². The molecule has 4 rings (SSSR count). The first-order valence-corrected chi connectivity index (χ1v) is 11.2. The zero-order valence-corrected chi connectivity index (χ0v) is 18.9. The molecule has 1 N–H and O–H groups in total. The summed E-state index contributed by atoms with van der Waals surface area (Å²) in [5, 5.41) is 4.50. The Morgan fingerprint density at radius 3 is 2.50 bits per heavy atom. The minimum atomic E-state index is -0.133. The lowest BCUT2D eigenvalue weighted by atomic mass is 10.2. The van der Waals surface area contributed by atoms with Crippen molar-refractivity contribution < 1.29 is 4.79 Å². The van der Waals surface area contributed by atoms with Crippen molar-refractivity contribution in [2.45, 2.75) is 19.4 Å². The summed E-state index contributed by atoms with van der Waals surface area (Å²) in [4.78, 5) is 22.7. The standard InChI is InChI=1S/C23H25ClN4OS/c1-15-21(30-23(25-15)16-4-6-17(24)7-5-16)22(29)26-18-8-10-19(11-9-18)28-13-12-20(14-28)27(2)3/h4-11,20H,12-14H2,1-3H3,(H,26,29). The predicted octanol–water partition coefficient (Wildman–Crippen LogP) is 5.16. The van der Waals surface area contributed by atoms with Crippen LogP contribution in [0.5, 0.6) is 0 Å². The SMILES string of the molecule is Cc1nc(-c2ccc(Cl)cc2)sc1C(=O)Nc1ccc(N2CCC(N(C)C)C2)cc1. The first-order chi connectivity index (χ1) is 14.4. The average molecular weight is 441 g/mol. The van der Waals surface area contributed by atoms with Crippen LogP contribution in [0.4, 0.5) is 11.4 Å². The third kappa shape index (κ3) is 4.51. The van der Waals surface area contributed by atoms with Crippen molar-refractivity contribution in [2.75, 3.05) is 37.4 Å². The van der Waals surface area contributed by atoms with Crippen molar-refractivity contribution in [3.8, 4) is 10.6 Å². The second-order valence-corrected chi connectivity index (χ2v) is 9.23. The highest BCUT2D eigenvalue weighted by Crippen LogP contribution is 2.30. The molecule has 1 saturated heterocycles. The summed E-state index contributed by atoms with van der Waals surface area (Å²) in [7, 11) is 4.26. The van der Waals surface area contributed by atoms with Gasteiger partial charge in [0.25, 0.3) is 5.91 Å². The Morgan fingerprint density at radius 2 is 1.87 bits per heavy atom. The third-order valence-electron chi connectivity index (χ3n) is 5.48. The topological polar surface area (TPSA) is 48.5 Å². The smallest absolute Gasteiger partial charge is 0.267 e. The number of aryl methyl sites for hydroxylation is 1. The highest BCUT2D eigenvalue weighted by atomic mass is 35.5. The van der Waals surface area contributed by atoms with E-state index in [-0.39, 0.29) is 5.91 Å². The number of carbonyl (C=O) groups is 1. The summed E-state index contributed by atoms with van der Waals surface area (Å²) in [6, 6.07) is 16.2. The minimum Gasteiger partial charge on any atom is -0.370 e. The molecule has 30 heavy (non-hydrogen) atoms. The minimum absolute atomic E-state index is 0.133. The van der Waals surface area contributed by atoms with Crippen molar-refractivity contribution in [1.82, 2.24) is 9.88 Å². The fourth-order valence-corrected chi connectivity index (χ4v) is 4.76. The van der Waals surface area contributed by atoms with Crippen LogP contribution in [0.25, 0.3) is 10.6 Å². The Kier molecular flexibility index (Phi) is 6.09. The molecule has 1 fully saturated rings. The molecular weight excluding hydrogens is 416 g/mol. The summed E-state index contributed by atoms with van der Waals surface area (Å²) in [5.41, 5.74) is 3.66. The van der Waals surface area contributed by atoms with E-state index in [0.29, 0.717) is 15.9 Å². The van der Waals surface area contributed by atoms with Crippen LogP contribution in [0, 0.1) is 6.92 Å². The largest absolute Gasteiger partial charge is 0.370 e. The molecule has 0 radical (unpaired) electrons. The van der Waals surface area contributed by atoms with E-state index in [1.165, 1.54) is 23.4 Å². The number of halogens is 1. The Morgan fingerprint density at radius 1 is 1.17 bits per heavy atom. The molecule has 2 aromatic carbocycles. The molecule has 1 unspecified atom stereocenters. The van der Waals surface area contributed by atoms with E-state index in [1.54, 1.807) is 0 Å². The number of amides is 1. The number of aromatic nitrogens is 1. The molecule has 1 atom stereocenters. The molecule has 0 saturated carbocycles. The van der Waals surface area contributed by atoms with Crippen molar-refractivity contribution in [3.63, 3.8) is 0 Å². The Balaban J connectivity index is 1.43. The highest BCUT2D eigenvalue weighted by molar-refractivity contribution is 7.17. The second-order valence-electron chi connectivity index (χ2n) is 7.79. The number of likely N-dealkylation sites (N-methyl/N-ethyl adjacent to an activating group) is 1. The Bertz CT molecular complexity index is 1030. The molecule has 156 valence electrons. The van der Waals surface area contributed by atoms with Crippen molar-refractivity contribution in [2.24, 2.45) is 0 Å². The lowest BCUT2D eigenvalue weighted by Crippen LogP contribution is -2.31. The van der Waals surface area contributed by atoms with Crippen LogP contribution < -0.4 is 10.2 Å². The van der Waals surface area contributed by atoms with Gasteiger partial charge in [0.15, 0.2) is 0 Å². The van der Waals surface area contributed by atoms with Gasteiger partial charge in [0.1, 0.15) is 9.88 Å². The summed E-state index contributed by atoms with van der Waals surface area (Å²) in [5.74, 6) is -0.133. The summed E-state index contributed by atoms with van der Waals surface area (Å²) in [6.45, 7) is 3.96. The average Bonchev–Trinajstić information content (AvgIpc) is 3.36. The van der Waals surface area contributed by atoms with Gasteiger partial charge in [-0.2, -0.15) is 0 Å². The van der Waals surface area contributed by atoms with Crippen LogP contribution in [0.2, 0.25) is 5.02 Å². The second kappa shape index (κ2) is 8.76. The number of thiazole rings is 1. The predicted molar refractivity (Wildman–Crippen MR) is 126 cm³/mol. The van der Waals surface area contributed by atoms with Gasteiger partial charge in [0.2, 0.25) is 0 Å². The molecule has 0 bridgehead atoms.